The van der Waals surface area contributed by atoms with Gasteiger partial charge < -0.3 is 4.74 Å². The van der Waals surface area contributed by atoms with Gasteiger partial charge in [-0.3, -0.25) is 9.69 Å². The minimum atomic E-state index is -0.237. The van der Waals surface area contributed by atoms with Gasteiger partial charge in [-0.1, -0.05) is 11.6 Å². The highest BCUT2D eigenvalue weighted by Gasteiger charge is 2.25. The Bertz CT molecular complexity index is 459. The van der Waals surface area contributed by atoms with Crippen LogP contribution in [0.1, 0.15) is 18.4 Å². The van der Waals surface area contributed by atoms with Gasteiger partial charge in [0.15, 0.2) is 0 Å². The molecular formula is C14H17ClFNO2. The van der Waals surface area contributed by atoms with Crippen molar-refractivity contribution in [2.24, 2.45) is 5.92 Å². The van der Waals surface area contributed by atoms with Crippen molar-refractivity contribution in [1.82, 2.24) is 4.90 Å². The Balaban J connectivity index is 1.92. The molecule has 0 bridgehead atoms. The van der Waals surface area contributed by atoms with Crippen molar-refractivity contribution >= 4 is 17.6 Å². The fourth-order valence-electron chi connectivity index (χ4n) is 2.40. The highest BCUT2D eigenvalue weighted by atomic mass is 35.5. The van der Waals surface area contributed by atoms with Crippen LogP contribution in [0.25, 0.3) is 0 Å². The molecule has 5 heteroatoms. The molecule has 104 valence electrons. The Kier molecular flexibility index (Phi) is 4.77. The average Bonchev–Trinajstić information content (AvgIpc) is 2.43. The Hall–Kier alpha value is -1.13. The van der Waals surface area contributed by atoms with Crippen LogP contribution in [-0.4, -0.2) is 31.1 Å². The average molecular weight is 286 g/mol. The third-order valence-electron chi connectivity index (χ3n) is 3.52. The van der Waals surface area contributed by atoms with Gasteiger partial charge in [-0.25, -0.2) is 4.39 Å². The highest BCUT2D eigenvalue weighted by molar-refractivity contribution is 6.30. The van der Waals surface area contributed by atoms with E-state index in [1.807, 2.05) is 0 Å². The molecule has 1 aromatic carbocycles. The molecule has 1 saturated heterocycles. The van der Waals surface area contributed by atoms with Crippen molar-refractivity contribution in [2.45, 2.75) is 19.4 Å². The van der Waals surface area contributed by atoms with E-state index in [0.29, 0.717) is 17.1 Å². The lowest BCUT2D eigenvalue weighted by Gasteiger charge is -2.30. The van der Waals surface area contributed by atoms with Crippen molar-refractivity contribution in [2.75, 3.05) is 20.2 Å². The van der Waals surface area contributed by atoms with E-state index in [2.05, 4.69) is 4.90 Å². The molecule has 0 spiro atoms. The number of hydrogen-bond acceptors (Lipinski definition) is 3. The van der Waals surface area contributed by atoms with Crippen molar-refractivity contribution in [3.8, 4) is 0 Å². The molecule has 1 aliphatic rings. The molecule has 1 heterocycles. The molecule has 1 fully saturated rings. The van der Waals surface area contributed by atoms with E-state index in [9.17, 15) is 9.18 Å². The van der Waals surface area contributed by atoms with E-state index in [1.165, 1.54) is 13.2 Å². The van der Waals surface area contributed by atoms with Crippen LogP contribution >= 0.6 is 11.6 Å². The Morgan fingerprint density at radius 1 is 1.47 bits per heavy atom. The van der Waals surface area contributed by atoms with Crippen LogP contribution in [0.2, 0.25) is 5.02 Å². The predicted molar refractivity (Wildman–Crippen MR) is 71.4 cm³/mol. The van der Waals surface area contributed by atoms with Gasteiger partial charge in [0.2, 0.25) is 0 Å². The lowest BCUT2D eigenvalue weighted by atomic mass is 9.96. The van der Waals surface area contributed by atoms with Gasteiger partial charge >= 0.3 is 5.97 Å². The van der Waals surface area contributed by atoms with Crippen molar-refractivity contribution in [3.63, 3.8) is 0 Å². The zero-order chi connectivity index (χ0) is 13.8. The number of likely N-dealkylation sites (tertiary alicyclic amines) is 1. The number of carbonyl (C=O) groups is 1. The number of esters is 1. The standard InChI is InChI=1S/C14H17ClFNO2/c1-19-14(18)10-4-6-17(7-5-10)9-11-8-12(15)2-3-13(11)16/h2-3,8,10H,4-7,9H2,1H3. The van der Waals surface area contributed by atoms with Gasteiger partial charge in [0.25, 0.3) is 0 Å². The second-order valence-electron chi connectivity index (χ2n) is 4.81. The number of halogens is 2. The molecule has 19 heavy (non-hydrogen) atoms. The van der Waals surface area contributed by atoms with Gasteiger partial charge in [-0.05, 0) is 44.1 Å². The molecular weight excluding hydrogens is 269 g/mol. The number of rotatable bonds is 3. The summed E-state index contributed by atoms with van der Waals surface area (Å²) >= 11 is 5.87. The van der Waals surface area contributed by atoms with Gasteiger partial charge in [0.05, 0.1) is 13.0 Å². The van der Waals surface area contributed by atoms with Crippen LogP contribution in [0.4, 0.5) is 4.39 Å². The first-order valence-electron chi connectivity index (χ1n) is 6.34. The number of ether oxygens (including phenoxy) is 1. The summed E-state index contributed by atoms with van der Waals surface area (Å²) in [6, 6.07) is 4.59. The molecule has 0 aromatic heterocycles. The maximum atomic E-state index is 13.6. The maximum Gasteiger partial charge on any atom is 0.308 e. The van der Waals surface area contributed by atoms with Crippen LogP contribution in [0, 0.1) is 11.7 Å². The van der Waals surface area contributed by atoms with Crippen LogP contribution < -0.4 is 0 Å². The lowest BCUT2D eigenvalue weighted by Crippen LogP contribution is -2.36. The highest BCUT2D eigenvalue weighted by Crippen LogP contribution is 2.22. The zero-order valence-corrected chi connectivity index (χ0v) is 11.6. The third kappa shape index (κ3) is 3.67. The molecule has 0 amide bonds. The first-order chi connectivity index (χ1) is 9.10. The summed E-state index contributed by atoms with van der Waals surface area (Å²) in [6.07, 6.45) is 1.52. The molecule has 0 N–H and O–H groups in total. The molecule has 0 saturated carbocycles. The SMILES string of the molecule is COC(=O)C1CCN(Cc2cc(Cl)ccc2F)CC1. The Labute approximate surface area is 117 Å². The van der Waals surface area contributed by atoms with Crippen molar-refractivity contribution in [3.05, 3.63) is 34.6 Å². The monoisotopic (exact) mass is 285 g/mol. The van der Waals surface area contributed by atoms with Crippen molar-refractivity contribution in [1.29, 1.82) is 0 Å². The topological polar surface area (TPSA) is 29.5 Å². The Morgan fingerprint density at radius 3 is 2.79 bits per heavy atom. The van der Waals surface area contributed by atoms with E-state index < -0.39 is 0 Å². The van der Waals surface area contributed by atoms with Gasteiger partial charge in [-0.2, -0.15) is 0 Å². The van der Waals surface area contributed by atoms with Crippen LogP contribution in [0.15, 0.2) is 18.2 Å². The number of piperidine rings is 1. The number of benzene rings is 1. The Morgan fingerprint density at radius 2 is 2.16 bits per heavy atom. The summed E-state index contributed by atoms with van der Waals surface area (Å²) in [5.41, 5.74) is 0.601. The normalized spacial score (nSPS) is 17.4. The van der Waals surface area contributed by atoms with E-state index >= 15 is 0 Å². The van der Waals surface area contributed by atoms with Crippen LogP contribution in [0.5, 0.6) is 0 Å². The van der Waals surface area contributed by atoms with Gasteiger partial charge in [0, 0.05) is 17.1 Å². The molecule has 0 aliphatic carbocycles. The summed E-state index contributed by atoms with van der Waals surface area (Å²) in [5.74, 6) is -0.404. The van der Waals surface area contributed by atoms with Crippen LogP contribution in [0.3, 0.4) is 0 Å². The fraction of sp³-hybridized carbons (Fsp3) is 0.500. The maximum absolute atomic E-state index is 13.6. The second kappa shape index (κ2) is 6.35. The summed E-state index contributed by atoms with van der Waals surface area (Å²) in [5, 5.41) is 0.542. The minimum Gasteiger partial charge on any atom is -0.469 e. The molecule has 3 nitrogen and oxygen atoms in total. The van der Waals surface area contributed by atoms with Crippen molar-refractivity contribution < 1.29 is 13.9 Å². The molecule has 2 rings (SSSR count). The summed E-state index contributed by atoms with van der Waals surface area (Å²) < 4.78 is 18.4. The third-order valence-corrected chi connectivity index (χ3v) is 3.76. The lowest BCUT2D eigenvalue weighted by molar-refractivity contribution is -0.147. The molecule has 0 radical (unpaired) electrons. The van der Waals surface area contributed by atoms with E-state index in [-0.39, 0.29) is 17.7 Å². The first kappa shape index (κ1) is 14.3. The largest absolute Gasteiger partial charge is 0.469 e. The van der Waals surface area contributed by atoms with E-state index in [0.717, 1.165) is 25.9 Å². The predicted octanol–water partition coefficient (Wildman–Crippen LogP) is 2.86. The summed E-state index contributed by atoms with van der Waals surface area (Å²) in [6.45, 7) is 2.07. The molecule has 1 aromatic rings. The summed E-state index contributed by atoms with van der Waals surface area (Å²) in [7, 11) is 1.41. The molecule has 0 unspecified atom stereocenters. The van der Waals surface area contributed by atoms with Crippen LogP contribution in [-0.2, 0) is 16.1 Å². The van der Waals surface area contributed by atoms with E-state index in [1.54, 1.807) is 12.1 Å². The molecule has 1 aliphatic heterocycles. The number of carbonyl (C=O) groups excluding carboxylic acids is 1. The minimum absolute atomic E-state index is 0.0227. The fourth-order valence-corrected chi connectivity index (χ4v) is 2.59. The first-order valence-corrected chi connectivity index (χ1v) is 6.72. The molecule has 0 atom stereocenters. The van der Waals surface area contributed by atoms with Gasteiger partial charge in [-0.15, -0.1) is 0 Å². The van der Waals surface area contributed by atoms with E-state index in [4.69, 9.17) is 16.3 Å². The smallest absolute Gasteiger partial charge is 0.308 e. The zero-order valence-electron chi connectivity index (χ0n) is 10.9. The number of methoxy groups -OCH3 is 1. The van der Waals surface area contributed by atoms with Gasteiger partial charge in [0.1, 0.15) is 5.82 Å². The number of hydrogen-bond donors (Lipinski definition) is 0. The number of nitrogens with zero attached hydrogens (tertiary/aromatic N) is 1. The quantitative estimate of drug-likeness (QED) is 0.800. The second-order valence-corrected chi connectivity index (χ2v) is 5.25. The summed E-state index contributed by atoms with van der Waals surface area (Å²) in [4.78, 5) is 13.5.